The molecule has 0 unspecified atom stereocenters. The van der Waals surface area contributed by atoms with Gasteiger partial charge in [-0.1, -0.05) is 0 Å². The Morgan fingerprint density at radius 1 is 1.38 bits per heavy atom. The second kappa shape index (κ2) is 7.99. The number of anilines is 1. The first-order valence-corrected chi connectivity index (χ1v) is 9.81. The summed E-state index contributed by atoms with van der Waals surface area (Å²) in [6, 6.07) is 4.56. The second-order valence-electron chi connectivity index (χ2n) is 6.35. The molecule has 0 bridgehead atoms. The third-order valence-corrected chi connectivity index (χ3v) is 5.97. The number of ether oxygens (including phenoxy) is 1. The molecule has 0 aromatic heterocycles. The van der Waals surface area contributed by atoms with Crippen molar-refractivity contribution in [3.63, 3.8) is 0 Å². The van der Waals surface area contributed by atoms with E-state index in [1.807, 2.05) is 19.9 Å². The molecule has 2 rings (SSSR count). The van der Waals surface area contributed by atoms with E-state index in [0.29, 0.717) is 24.3 Å². The zero-order valence-electron chi connectivity index (χ0n) is 14.9. The van der Waals surface area contributed by atoms with Gasteiger partial charge < -0.3 is 10.1 Å². The largest absolute Gasteiger partial charge is 0.384 e. The average Bonchev–Trinajstić information content (AvgIpc) is 2.55. The smallest absolute Gasteiger partial charge is 0.275 e. The van der Waals surface area contributed by atoms with E-state index < -0.39 is 14.9 Å². The van der Waals surface area contributed by atoms with Crippen LogP contribution in [0.2, 0.25) is 0 Å². The molecule has 0 spiro atoms. The molecular weight excluding hydrogens is 360 g/mol. The molecule has 9 nitrogen and oxygen atoms in total. The van der Waals surface area contributed by atoms with Gasteiger partial charge in [-0.3, -0.25) is 10.1 Å². The Balaban J connectivity index is 2.08. The Hall–Kier alpha value is -2.22. The van der Waals surface area contributed by atoms with Crippen LogP contribution in [0.5, 0.6) is 0 Å². The van der Waals surface area contributed by atoms with Gasteiger partial charge in [-0.15, -0.1) is 0 Å². The summed E-state index contributed by atoms with van der Waals surface area (Å²) in [4.78, 5) is 10.5. The number of rotatable bonds is 6. The number of nitro benzene ring substituents is 1. The number of nitrogens with zero attached hydrogens (tertiary/aromatic N) is 3. The predicted octanol–water partition coefficient (Wildman–Crippen LogP) is 1.63. The maximum atomic E-state index is 12.5. The van der Waals surface area contributed by atoms with Crippen molar-refractivity contribution in [3.8, 4) is 6.07 Å². The van der Waals surface area contributed by atoms with E-state index in [0.717, 1.165) is 0 Å². The van der Waals surface area contributed by atoms with Gasteiger partial charge in [0.1, 0.15) is 0 Å². The number of nitrogens with one attached hydrogen (secondary N) is 1. The van der Waals surface area contributed by atoms with E-state index in [-0.39, 0.29) is 35.8 Å². The summed E-state index contributed by atoms with van der Waals surface area (Å²) < 4.78 is 32.0. The first kappa shape index (κ1) is 20.1. The van der Waals surface area contributed by atoms with Crippen molar-refractivity contribution in [3.05, 3.63) is 33.4 Å². The Bertz CT molecular complexity index is 824. The Labute approximate surface area is 152 Å². The zero-order valence-corrected chi connectivity index (χ0v) is 15.7. The minimum absolute atomic E-state index is 0.0787. The van der Waals surface area contributed by atoms with E-state index >= 15 is 0 Å². The van der Waals surface area contributed by atoms with Crippen molar-refractivity contribution in [2.75, 3.05) is 30.7 Å². The Morgan fingerprint density at radius 3 is 2.54 bits per heavy atom. The van der Waals surface area contributed by atoms with Gasteiger partial charge >= 0.3 is 0 Å². The van der Waals surface area contributed by atoms with Crippen molar-refractivity contribution in [2.24, 2.45) is 0 Å². The molecule has 0 saturated carbocycles. The highest BCUT2D eigenvalue weighted by molar-refractivity contribution is 7.89. The summed E-state index contributed by atoms with van der Waals surface area (Å²) in [7, 11) is -3.48. The molecule has 1 saturated heterocycles. The van der Waals surface area contributed by atoms with Crippen molar-refractivity contribution in [2.45, 2.75) is 33.0 Å². The number of benzene rings is 1. The maximum absolute atomic E-state index is 12.5. The molecule has 0 aliphatic carbocycles. The SMILES string of the molecule is Cc1c(NCCS(=O)(=O)N2C[C@@H](C)O[C@H](C)C2)cc(C#N)cc1[N+](=O)[O-]. The van der Waals surface area contributed by atoms with E-state index in [2.05, 4.69) is 5.32 Å². The molecule has 1 aliphatic heterocycles. The number of nitro groups is 1. The van der Waals surface area contributed by atoms with Gasteiger partial charge in [-0.05, 0) is 26.8 Å². The molecular formula is C16H22N4O5S. The van der Waals surface area contributed by atoms with Crippen LogP contribution in [0.3, 0.4) is 0 Å². The number of sulfonamides is 1. The Kier molecular flexibility index (Phi) is 6.17. The van der Waals surface area contributed by atoms with Crippen LogP contribution in [0.1, 0.15) is 25.0 Å². The van der Waals surface area contributed by atoms with Crippen molar-refractivity contribution in [1.82, 2.24) is 4.31 Å². The van der Waals surface area contributed by atoms with Gasteiger partial charge in [-0.25, -0.2) is 8.42 Å². The summed E-state index contributed by atoms with van der Waals surface area (Å²) in [5.74, 6) is -0.156. The standard InChI is InChI=1S/C16H22N4O5S/c1-11-9-19(10-12(2)25-11)26(23,24)5-4-18-15-6-14(8-17)7-16(13(15)3)20(21)22/h6-7,11-12,18H,4-5,9-10H2,1-3H3/t11-,12-/m1/s1. The van der Waals surface area contributed by atoms with Gasteiger partial charge in [-0.2, -0.15) is 9.57 Å². The quantitative estimate of drug-likeness (QED) is 0.585. The lowest BCUT2D eigenvalue weighted by Crippen LogP contribution is -2.49. The van der Waals surface area contributed by atoms with Gasteiger partial charge in [0, 0.05) is 37.0 Å². The van der Waals surface area contributed by atoms with Crippen LogP contribution in [-0.2, 0) is 14.8 Å². The van der Waals surface area contributed by atoms with Gasteiger partial charge in [0.2, 0.25) is 10.0 Å². The van der Waals surface area contributed by atoms with Crippen molar-refractivity contribution < 1.29 is 18.1 Å². The average molecular weight is 382 g/mol. The highest BCUT2D eigenvalue weighted by Crippen LogP contribution is 2.27. The second-order valence-corrected chi connectivity index (χ2v) is 8.44. The molecule has 26 heavy (non-hydrogen) atoms. The summed E-state index contributed by atoms with van der Waals surface area (Å²) in [6.07, 6.45) is -0.336. The maximum Gasteiger partial charge on any atom is 0.275 e. The van der Waals surface area contributed by atoms with Crippen LogP contribution < -0.4 is 5.32 Å². The minimum atomic E-state index is -3.48. The van der Waals surface area contributed by atoms with Crippen molar-refractivity contribution in [1.29, 1.82) is 5.26 Å². The van der Waals surface area contributed by atoms with Crippen LogP contribution in [0.15, 0.2) is 12.1 Å². The fourth-order valence-electron chi connectivity index (χ4n) is 2.94. The molecule has 2 atom stereocenters. The lowest BCUT2D eigenvalue weighted by Gasteiger charge is -2.34. The van der Waals surface area contributed by atoms with Crippen LogP contribution in [0.4, 0.5) is 11.4 Å². The topological polar surface area (TPSA) is 126 Å². The van der Waals surface area contributed by atoms with E-state index in [9.17, 15) is 18.5 Å². The Morgan fingerprint density at radius 2 is 2.00 bits per heavy atom. The normalized spacial score (nSPS) is 21.2. The molecule has 1 heterocycles. The first-order valence-electron chi connectivity index (χ1n) is 8.20. The predicted molar refractivity (Wildman–Crippen MR) is 96.4 cm³/mol. The van der Waals surface area contributed by atoms with E-state index in [1.165, 1.54) is 16.4 Å². The van der Waals surface area contributed by atoms with E-state index in [1.54, 1.807) is 6.92 Å². The summed E-state index contributed by atoms with van der Waals surface area (Å²) in [5.41, 5.74) is 0.711. The summed E-state index contributed by atoms with van der Waals surface area (Å²) in [6.45, 7) is 5.90. The molecule has 1 fully saturated rings. The number of hydrogen-bond acceptors (Lipinski definition) is 7. The molecule has 0 amide bonds. The van der Waals surface area contributed by atoms with Crippen LogP contribution in [-0.4, -0.2) is 55.2 Å². The van der Waals surface area contributed by atoms with Crippen molar-refractivity contribution >= 4 is 21.4 Å². The zero-order chi connectivity index (χ0) is 19.5. The third-order valence-electron chi connectivity index (χ3n) is 4.16. The molecule has 1 aliphatic rings. The van der Waals surface area contributed by atoms with Crippen LogP contribution in [0, 0.1) is 28.4 Å². The van der Waals surface area contributed by atoms with E-state index in [4.69, 9.17) is 10.00 Å². The highest BCUT2D eigenvalue weighted by atomic mass is 32.2. The first-order chi connectivity index (χ1) is 12.1. The third kappa shape index (κ3) is 4.69. The minimum Gasteiger partial charge on any atom is -0.384 e. The van der Waals surface area contributed by atoms with Crippen LogP contribution in [0.25, 0.3) is 0 Å². The summed E-state index contributed by atoms with van der Waals surface area (Å²) in [5, 5.41) is 23.0. The fraction of sp³-hybridized carbons (Fsp3) is 0.562. The molecule has 1 N–H and O–H groups in total. The van der Waals surface area contributed by atoms with Gasteiger partial charge in [0.25, 0.3) is 5.69 Å². The highest BCUT2D eigenvalue weighted by Gasteiger charge is 2.30. The molecule has 10 heteroatoms. The monoisotopic (exact) mass is 382 g/mol. The lowest BCUT2D eigenvalue weighted by molar-refractivity contribution is -0.385. The van der Waals surface area contributed by atoms with Crippen LogP contribution >= 0.6 is 0 Å². The molecule has 142 valence electrons. The number of morpholine rings is 1. The molecule has 1 aromatic carbocycles. The lowest BCUT2D eigenvalue weighted by atomic mass is 10.1. The number of hydrogen-bond donors (Lipinski definition) is 1. The summed E-state index contributed by atoms with van der Waals surface area (Å²) >= 11 is 0. The number of nitriles is 1. The molecule has 0 radical (unpaired) electrons. The molecule has 1 aromatic rings. The van der Waals surface area contributed by atoms with Gasteiger partial charge in [0.05, 0.1) is 34.5 Å². The fourth-order valence-corrected chi connectivity index (χ4v) is 4.43. The van der Waals surface area contributed by atoms with Gasteiger partial charge in [0.15, 0.2) is 0 Å².